The number of ether oxygens (including phenoxy) is 1. The van der Waals surface area contributed by atoms with Gasteiger partial charge in [0.1, 0.15) is 11.4 Å². The predicted molar refractivity (Wildman–Crippen MR) is 90.3 cm³/mol. The van der Waals surface area contributed by atoms with E-state index >= 15 is 0 Å². The molecule has 0 fully saturated rings. The van der Waals surface area contributed by atoms with E-state index in [-0.39, 0.29) is 30.0 Å². The minimum atomic E-state index is -0.549. The number of amides is 1. The van der Waals surface area contributed by atoms with Crippen LogP contribution in [0.5, 0.6) is 0 Å². The highest BCUT2D eigenvalue weighted by atomic mass is 35.5. The lowest BCUT2D eigenvalue weighted by Crippen LogP contribution is -2.41. The summed E-state index contributed by atoms with van der Waals surface area (Å²) < 4.78 is 5.00. The second kappa shape index (κ2) is 12.4. The minimum Gasteiger partial charge on any atom is -0.444 e. The number of nitrogens with two attached hydrogens (primary N) is 1. The number of ketones is 2. The summed E-state index contributed by atoms with van der Waals surface area (Å²) in [5.41, 5.74) is 4.67. The molecular weight excluding hydrogens is 308 g/mol. The van der Waals surface area contributed by atoms with Gasteiger partial charge in [-0.25, -0.2) is 4.79 Å². The fourth-order valence-electron chi connectivity index (χ4n) is 1.19. The lowest BCUT2D eigenvalue weighted by atomic mass is 10.2. The van der Waals surface area contributed by atoms with Crippen molar-refractivity contribution in [2.24, 2.45) is 5.73 Å². The maximum absolute atomic E-state index is 11.2. The van der Waals surface area contributed by atoms with Gasteiger partial charge in [0.05, 0.1) is 12.1 Å². The third-order valence-electron chi connectivity index (χ3n) is 2.42. The Morgan fingerprint density at radius 2 is 1.45 bits per heavy atom. The van der Waals surface area contributed by atoms with Crippen LogP contribution in [0.2, 0.25) is 0 Å². The van der Waals surface area contributed by atoms with Gasteiger partial charge in [-0.1, -0.05) is 13.8 Å². The van der Waals surface area contributed by atoms with Crippen molar-refractivity contribution in [1.29, 1.82) is 0 Å². The molecule has 3 N–H and O–H groups in total. The third-order valence-corrected chi connectivity index (χ3v) is 2.42. The zero-order chi connectivity index (χ0) is 17.2. The largest absolute Gasteiger partial charge is 0.444 e. The van der Waals surface area contributed by atoms with Crippen molar-refractivity contribution in [1.82, 2.24) is 5.32 Å². The fraction of sp³-hybridized carbons (Fsp3) is 0.800. The molecule has 0 aromatic rings. The Labute approximate surface area is 139 Å². The van der Waals surface area contributed by atoms with Crippen LogP contribution in [0.25, 0.3) is 0 Å². The van der Waals surface area contributed by atoms with Crippen LogP contribution >= 0.6 is 12.4 Å². The van der Waals surface area contributed by atoms with E-state index in [1.165, 1.54) is 0 Å². The molecule has 0 aliphatic carbocycles. The van der Waals surface area contributed by atoms with Gasteiger partial charge in [-0.2, -0.15) is 0 Å². The molecular formula is C15H31ClN2O4. The van der Waals surface area contributed by atoms with Gasteiger partial charge in [-0.3, -0.25) is 9.59 Å². The van der Waals surface area contributed by atoms with E-state index < -0.39 is 17.7 Å². The first-order chi connectivity index (χ1) is 9.44. The number of hydrogen-bond acceptors (Lipinski definition) is 5. The lowest BCUT2D eigenvalue weighted by molar-refractivity contribution is -0.120. The van der Waals surface area contributed by atoms with Crippen LogP contribution in [0.4, 0.5) is 4.79 Å². The van der Waals surface area contributed by atoms with Crippen LogP contribution in [0, 0.1) is 0 Å². The van der Waals surface area contributed by atoms with E-state index in [0.29, 0.717) is 12.8 Å². The molecule has 0 radical (unpaired) electrons. The van der Waals surface area contributed by atoms with Gasteiger partial charge in [0.25, 0.3) is 0 Å². The summed E-state index contributed by atoms with van der Waals surface area (Å²) in [7, 11) is 0. The highest BCUT2D eigenvalue weighted by molar-refractivity contribution is 5.86. The minimum absolute atomic E-state index is 0. The molecule has 0 aromatic heterocycles. The smallest absolute Gasteiger partial charge is 0.408 e. The van der Waals surface area contributed by atoms with Gasteiger partial charge in [0.15, 0.2) is 5.78 Å². The van der Waals surface area contributed by atoms with Crippen LogP contribution in [0.15, 0.2) is 0 Å². The van der Waals surface area contributed by atoms with Crippen LogP contribution in [0.1, 0.15) is 61.3 Å². The summed E-state index contributed by atoms with van der Waals surface area (Å²) in [4.78, 5) is 32.7. The number of halogens is 1. The molecule has 6 nitrogen and oxygen atoms in total. The van der Waals surface area contributed by atoms with Crippen molar-refractivity contribution in [3.8, 4) is 0 Å². The Balaban J connectivity index is -0.000000385. The van der Waals surface area contributed by atoms with Crippen molar-refractivity contribution < 1.29 is 19.1 Å². The van der Waals surface area contributed by atoms with Crippen molar-refractivity contribution in [2.75, 3.05) is 0 Å². The Hall–Kier alpha value is -1.14. The maximum atomic E-state index is 11.2. The average molecular weight is 339 g/mol. The molecule has 0 rings (SSSR count). The molecule has 132 valence electrons. The molecule has 22 heavy (non-hydrogen) atoms. The van der Waals surface area contributed by atoms with Crippen molar-refractivity contribution in [3.63, 3.8) is 0 Å². The Kier molecular flexibility index (Phi) is 14.5. The van der Waals surface area contributed by atoms with Crippen molar-refractivity contribution in [2.45, 2.75) is 79.0 Å². The molecule has 0 heterocycles. The van der Waals surface area contributed by atoms with Crippen LogP contribution < -0.4 is 11.1 Å². The fourth-order valence-corrected chi connectivity index (χ4v) is 1.19. The molecule has 0 aromatic carbocycles. The summed E-state index contributed by atoms with van der Waals surface area (Å²) in [6.45, 7) is 12.2. The quantitative estimate of drug-likeness (QED) is 0.802. The number of hydrogen-bond donors (Lipinski definition) is 2. The van der Waals surface area contributed by atoms with Crippen LogP contribution in [0.3, 0.4) is 0 Å². The molecule has 0 unspecified atom stereocenters. The van der Waals surface area contributed by atoms with Gasteiger partial charge in [0.2, 0.25) is 0 Å². The monoisotopic (exact) mass is 338 g/mol. The topological polar surface area (TPSA) is 98.5 Å². The zero-order valence-corrected chi connectivity index (χ0v) is 15.5. The van der Waals surface area contributed by atoms with Gasteiger partial charge in [0, 0.05) is 12.8 Å². The second-order valence-corrected chi connectivity index (χ2v) is 5.80. The first-order valence-corrected chi connectivity index (χ1v) is 7.25. The Bertz CT molecular complexity index is 352. The van der Waals surface area contributed by atoms with Crippen molar-refractivity contribution >= 4 is 30.1 Å². The number of carbonyl (C=O) groups is 3. The number of nitrogens with one attached hydrogen (secondary N) is 1. The van der Waals surface area contributed by atoms with Gasteiger partial charge < -0.3 is 15.8 Å². The normalized spacial score (nSPS) is 12.7. The number of carbonyl (C=O) groups excluding carboxylic acids is 3. The number of rotatable bonds is 5. The molecule has 0 spiro atoms. The van der Waals surface area contributed by atoms with Gasteiger partial charge >= 0.3 is 6.09 Å². The third kappa shape index (κ3) is 15.3. The van der Waals surface area contributed by atoms with Crippen LogP contribution in [-0.4, -0.2) is 35.3 Å². The molecule has 7 heteroatoms. The molecule has 0 bridgehead atoms. The number of Topliss-reactive ketones (excluding diaryl/α,β-unsaturated/α-hetero) is 2. The number of alkyl carbamates (subject to hydrolysis) is 1. The molecule has 0 aliphatic rings. The highest BCUT2D eigenvalue weighted by Crippen LogP contribution is 2.06. The summed E-state index contributed by atoms with van der Waals surface area (Å²) in [5, 5.41) is 2.48. The predicted octanol–water partition coefficient (Wildman–Crippen LogP) is 2.61. The van der Waals surface area contributed by atoms with E-state index in [1.807, 2.05) is 6.92 Å². The lowest BCUT2D eigenvalue weighted by Gasteiger charge is -2.21. The summed E-state index contributed by atoms with van der Waals surface area (Å²) in [6.07, 6.45) is 0.418. The second-order valence-electron chi connectivity index (χ2n) is 5.80. The van der Waals surface area contributed by atoms with Crippen LogP contribution in [-0.2, 0) is 14.3 Å². The molecule has 0 saturated carbocycles. The average Bonchev–Trinajstić information content (AvgIpc) is 2.34. The molecule has 1 amide bonds. The summed E-state index contributed by atoms with van der Waals surface area (Å²) in [6, 6.07) is -0.750. The summed E-state index contributed by atoms with van der Waals surface area (Å²) in [5.74, 6) is 0.121. The molecule has 2 atom stereocenters. The standard InChI is InChI=1S/C10H19NO3.C5H11NO.ClH/c1-6-8(12)7(2)11-9(13)14-10(3,4)5;1-3-5(7)4(2)6;/h7H,6H2,1-5H3,(H,11,13);4H,3,6H2,1-2H3;1H/t7-;4-;/m00./s1. The Morgan fingerprint density at radius 3 is 1.68 bits per heavy atom. The van der Waals surface area contributed by atoms with Gasteiger partial charge in [-0.15, -0.1) is 12.4 Å². The first-order valence-electron chi connectivity index (χ1n) is 7.25. The summed E-state index contributed by atoms with van der Waals surface area (Å²) >= 11 is 0. The van der Waals surface area contributed by atoms with E-state index in [0.717, 1.165) is 0 Å². The molecule has 0 saturated heterocycles. The van der Waals surface area contributed by atoms with E-state index in [2.05, 4.69) is 5.32 Å². The van der Waals surface area contributed by atoms with E-state index in [1.54, 1.807) is 41.5 Å². The molecule has 0 aliphatic heterocycles. The van der Waals surface area contributed by atoms with E-state index in [4.69, 9.17) is 10.5 Å². The van der Waals surface area contributed by atoms with Gasteiger partial charge in [-0.05, 0) is 34.6 Å². The van der Waals surface area contributed by atoms with E-state index in [9.17, 15) is 14.4 Å². The Morgan fingerprint density at radius 1 is 1.05 bits per heavy atom. The SMILES string of the molecule is CCC(=O)[C@H](C)N.CCC(=O)[C@H](C)NC(=O)OC(C)(C)C.Cl. The zero-order valence-electron chi connectivity index (χ0n) is 14.7. The maximum Gasteiger partial charge on any atom is 0.408 e. The van der Waals surface area contributed by atoms with Crippen molar-refractivity contribution in [3.05, 3.63) is 0 Å². The highest BCUT2D eigenvalue weighted by Gasteiger charge is 2.19. The first kappa shape index (κ1) is 25.8.